The van der Waals surface area contributed by atoms with Crippen molar-refractivity contribution < 1.29 is 9.47 Å². The number of hydrogen-bond donors (Lipinski definition) is 1. The molecule has 1 atom stereocenters. The van der Waals surface area contributed by atoms with Crippen LogP contribution in [0.1, 0.15) is 45.5 Å². The van der Waals surface area contributed by atoms with E-state index in [2.05, 4.69) is 41.3 Å². The second kappa shape index (κ2) is 7.13. The number of nitrogens with one attached hydrogen (secondary N) is 1. The van der Waals surface area contributed by atoms with Crippen LogP contribution in [0.3, 0.4) is 0 Å². The molecule has 1 N–H and O–H groups in total. The molecule has 1 fully saturated rings. The lowest BCUT2D eigenvalue weighted by Crippen LogP contribution is -2.30. The van der Waals surface area contributed by atoms with E-state index in [-0.39, 0.29) is 0 Å². The summed E-state index contributed by atoms with van der Waals surface area (Å²) >= 11 is 0. The van der Waals surface area contributed by atoms with E-state index in [4.69, 9.17) is 9.47 Å². The highest BCUT2D eigenvalue weighted by atomic mass is 16.7. The van der Waals surface area contributed by atoms with Crippen molar-refractivity contribution in [3.8, 4) is 0 Å². The third-order valence-corrected chi connectivity index (χ3v) is 3.74. The highest BCUT2D eigenvalue weighted by Gasteiger charge is 2.32. The van der Waals surface area contributed by atoms with Gasteiger partial charge in [-0.25, -0.2) is 4.98 Å². The van der Waals surface area contributed by atoms with Crippen molar-refractivity contribution in [3.63, 3.8) is 0 Å². The Morgan fingerprint density at radius 3 is 2.43 bits per heavy atom. The van der Waals surface area contributed by atoms with E-state index < -0.39 is 5.79 Å². The summed E-state index contributed by atoms with van der Waals surface area (Å²) in [5.74, 6) is 0.558. The highest BCUT2D eigenvalue weighted by molar-refractivity contribution is 5.25. The molecule has 0 aromatic carbocycles. The summed E-state index contributed by atoms with van der Waals surface area (Å²) in [5, 5.41) is 11.6. The van der Waals surface area contributed by atoms with Gasteiger partial charge in [0.05, 0.1) is 24.6 Å². The van der Waals surface area contributed by atoms with Gasteiger partial charge in [-0.3, -0.25) is 0 Å². The van der Waals surface area contributed by atoms with Gasteiger partial charge in [0.2, 0.25) is 5.95 Å². The lowest BCUT2D eigenvalue weighted by atomic mass is 10.0. The zero-order chi connectivity index (χ0) is 15.3. The van der Waals surface area contributed by atoms with E-state index in [1.807, 2.05) is 6.92 Å². The highest BCUT2D eigenvalue weighted by Crippen LogP contribution is 2.26. The molecule has 0 aliphatic carbocycles. The molecule has 1 aliphatic rings. The van der Waals surface area contributed by atoms with Gasteiger partial charge in [0, 0.05) is 13.0 Å². The second-order valence-corrected chi connectivity index (χ2v) is 5.76. The summed E-state index contributed by atoms with van der Waals surface area (Å²) < 4.78 is 11.3. The molecule has 0 spiro atoms. The number of rotatable bonds is 7. The quantitative estimate of drug-likeness (QED) is 0.831. The molecule has 1 aliphatic heterocycles. The summed E-state index contributed by atoms with van der Waals surface area (Å²) in [6.45, 7) is 10.5. The maximum absolute atomic E-state index is 5.64. The molecule has 1 saturated heterocycles. The number of hydrogen-bond acceptors (Lipinski definition) is 6. The minimum absolute atomic E-state index is 0.396. The van der Waals surface area contributed by atoms with Crippen LogP contribution in [0.15, 0.2) is 0 Å². The summed E-state index contributed by atoms with van der Waals surface area (Å²) in [6.07, 6.45) is 2.59. The summed E-state index contributed by atoms with van der Waals surface area (Å²) in [6, 6.07) is 0. The molecule has 2 rings (SSSR count). The van der Waals surface area contributed by atoms with Crippen LogP contribution < -0.4 is 5.32 Å². The van der Waals surface area contributed by atoms with Gasteiger partial charge in [-0.05, 0) is 25.7 Å². The third-order valence-electron chi connectivity index (χ3n) is 3.74. The second-order valence-electron chi connectivity index (χ2n) is 5.76. The molecule has 0 bridgehead atoms. The van der Waals surface area contributed by atoms with Crippen LogP contribution in [0.25, 0.3) is 0 Å². The summed E-state index contributed by atoms with van der Waals surface area (Å²) in [5.41, 5.74) is 2.01. The number of aryl methyl sites for hydroxylation is 2. The zero-order valence-electron chi connectivity index (χ0n) is 13.5. The van der Waals surface area contributed by atoms with Crippen molar-refractivity contribution in [2.24, 2.45) is 5.92 Å². The first kappa shape index (κ1) is 16.1. The van der Waals surface area contributed by atoms with E-state index in [1.165, 1.54) is 0 Å². The molecule has 1 aromatic rings. The molecule has 6 heteroatoms. The van der Waals surface area contributed by atoms with Gasteiger partial charge in [0.1, 0.15) is 0 Å². The number of anilines is 1. The molecule has 2 heterocycles. The van der Waals surface area contributed by atoms with Gasteiger partial charge >= 0.3 is 0 Å². The Kier molecular flexibility index (Phi) is 5.47. The Bertz CT molecular complexity index is 461. The van der Waals surface area contributed by atoms with Crippen LogP contribution in [0.5, 0.6) is 0 Å². The molecular formula is C15H26N4O2. The van der Waals surface area contributed by atoms with E-state index >= 15 is 0 Å². The fourth-order valence-electron chi connectivity index (χ4n) is 2.66. The minimum Gasteiger partial charge on any atom is -0.353 e. The first-order chi connectivity index (χ1) is 10.1. The molecule has 0 radical (unpaired) electrons. The van der Waals surface area contributed by atoms with Crippen molar-refractivity contribution in [2.45, 2.75) is 52.7 Å². The molecule has 0 saturated carbocycles. The Morgan fingerprint density at radius 1 is 1.14 bits per heavy atom. The predicted octanol–water partition coefficient (Wildman–Crippen LogP) is 2.20. The Labute approximate surface area is 126 Å². The fraction of sp³-hybridized carbons (Fsp3) is 0.800. The van der Waals surface area contributed by atoms with Crippen molar-refractivity contribution in [1.82, 2.24) is 15.2 Å². The summed E-state index contributed by atoms with van der Waals surface area (Å²) in [4.78, 5) is 4.54. The van der Waals surface area contributed by atoms with E-state index in [1.54, 1.807) is 0 Å². The topological polar surface area (TPSA) is 69.2 Å². The average Bonchev–Trinajstić information content (AvgIpc) is 2.91. The van der Waals surface area contributed by atoms with Crippen molar-refractivity contribution >= 4 is 5.95 Å². The Hall–Kier alpha value is -1.27. The van der Waals surface area contributed by atoms with E-state index in [9.17, 15) is 0 Å². The van der Waals surface area contributed by atoms with Crippen LogP contribution >= 0.6 is 0 Å². The molecule has 21 heavy (non-hydrogen) atoms. The van der Waals surface area contributed by atoms with Crippen LogP contribution in [-0.2, 0) is 22.3 Å². The van der Waals surface area contributed by atoms with Crippen molar-refractivity contribution in [1.29, 1.82) is 0 Å². The van der Waals surface area contributed by atoms with Gasteiger partial charge in [0.15, 0.2) is 5.79 Å². The van der Waals surface area contributed by atoms with Gasteiger partial charge in [-0.1, -0.05) is 20.8 Å². The SMILES string of the molecule is CCc1nnc(NCC(C)CC2(C)OCCO2)nc1CC. The maximum atomic E-state index is 5.64. The van der Waals surface area contributed by atoms with Crippen LogP contribution in [0, 0.1) is 5.92 Å². The van der Waals surface area contributed by atoms with Gasteiger partial charge in [-0.15, -0.1) is 5.10 Å². The lowest BCUT2D eigenvalue weighted by Gasteiger charge is -2.26. The van der Waals surface area contributed by atoms with Gasteiger partial charge in [0.25, 0.3) is 0 Å². The van der Waals surface area contributed by atoms with Crippen LogP contribution in [-0.4, -0.2) is 40.7 Å². The maximum Gasteiger partial charge on any atom is 0.242 e. The lowest BCUT2D eigenvalue weighted by molar-refractivity contribution is -0.153. The Morgan fingerprint density at radius 2 is 1.81 bits per heavy atom. The standard InChI is InChI=1S/C15H26N4O2/c1-5-12-13(6-2)18-19-14(17-12)16-10-11(3)9-15(4)20-7-8-21-15/h11H,5-10H2,1-4H3,(H,16,17,19). The molecule has 6 nitrogen and oxygen atoms in total. The van der Waals surface area contributed by atoms with E-state index in [0.717, 1.165) is 37.2 Å². The first-order valence-corrected chi connectivity index (χ1v) is 7.80. The van der Waals surface area contributed by atoms with Crippen molar-refractivity contribution in [3.05, 3.63) is 11.4 Å². The average molecular weight is 294 g/mol. The number of ether oxygens (including phenoxy) is 2. The number of nitrogens with zero attached hydrogens (tertiary/aromatic N) is 3. The fourth-order valence-corrected chi connectivity index (χ4v) is 2.66. The van der Waals surface area contributed by atoms with Crippen LogP contribution in [0.2, 0.25) is 0 Å². The zero-order valence-corrected chi connectivity index (χ0v) is 13.5. The van der Waals surface area contributed by atoms with Gasteiger partial charge < -0.3 is 14.8 Å². The monoisotopic (exact) mass is 294 g/mol. The Balaban J connectivity index is 1.87. The molecule has 1 aromatic heterocycles. The predicted molar refractivity (Wildman–Crippen MR) is 81.2 cm³/mol. The largest absolute Gasteiger partial charge is 0.353 e. The molecule has 118 valence electrons. The van der Waals surface area contributed by atoms with Gasteiger partial charge in [-0.2, -0.15) is 5.10 Å². The molecular weight excluding hydrogens is 268 g/mol. The first-order valence-electron chi connectivity index (χ1n) is 7.80. The minimum atomic E-state index is -0.444. The number of aromatic nitrogens is 3. The smallest absolute Gasteiger partial charge is 0.242 e. The summed E-state index contributed by atoms with van der Waals surface area (Å²) in [7, 11) is 0. The molecule has 0 amide bonds. The van der Waals surface area contributed by atoms with E-state index in [0.29, 0.717) is 25.1 Å². The third kappa shape index (κ3) is 4.35. The van der Waals surface area contributed by atoms with Crippen molar-refractivity contribution in [2.75, 3.05) is 25.1 Å². The molecule has 1 unspecified atom stereocenters. The van der Waals surface area contributed by atoms with Crippen LogP contribution in [0.4, 0.5) is 5.95 Å². The normalized spacial score (nSPS) is 18.7.